The van der Waals surface area contributed by atoms with Crippen LogP contribution in [0.5, 0.6) is 0 Å². The highest BCUT2D eigenvalue weighted by Gasteiger charge is 2.20. The van der Waals surface area contributed by atoms with Gasteiger partial charge in [0, 0.05) is 23.5 Å². The van der Waals surface area contributed by atoms with Crippen LogP contribution in [-0.4, -0.2) is 28.5 Å². The van der Waals surface area contributed by atoms with E-state index in [0.717, 1.165) is 5.56 Å². The van der Waals surface area contributed by atoms with E-state index in [0.29, 0.717) is 16.6 Å². The van der Waals surface area contributed by atoms with Crippen LogP contribution in [0.3, 0.4) is 0 Å². The van der Waals surface area contributed by atoms with Gasteiger partial charge < -0.3 is 10.4 Å². The second kappa shape index (κ2) is 9.14. The van der Waals surface area contributed by atoms with Gasteiger partial charge in [-0.25, -0.2) is 0 Å². The van der Waals surface area contributed by atoms with Crippen molar-refractivity contribution in [2.75, 3.05) is 11.5 Å². The van der Waals surface area contributed by atoms with Crippen LogP contribution < -0.4 is 5.32 Å². The minimum absolute atomic E-state index is 0.00883. The molecule has 2 N–H and O–H groups in total. The summed E-state index contributed by atoms with van der Waals surface area (Å²) in [7, 11) is 0. The van der Waals surface area contributed by atoms with Crippen LogP contribution >= 0.6 is 23.5 Å². The first-order valence-corrected chi connectivity index (χ1v) is 10.6. The zero-order chi connectivity index (χ0) is 18.4. The summed E-state index contributed by atoms with van der Waals surface area (Å²) < 4.78 is 0.458. The third kappa shape index (κ3) is 5.05. The third-order valence-corrected chi connectivity index (χ3v) is 7.33. The standard InChI is InChI=1S/C20H21NO3S2/c22-18(23)11-10-17(14-4-2-1-3-5-14)21-19(24)15-6-8-16(9-7-15)20-25-12-13-26-20/h1-9,17,20H,10-13H2,(H,21,24)(H,22,23). The Hall–Kier alpha value is -1.92. The van der Waals surface area contributed by atoms with Gasteiger partial charge in [0.05, 0.1) is 10.6 Å². The Labute approximate surface area is 161 Å². The average Bonchev–Trinajstić information content (AvgIpc) is 3.20. The molecule has 1 fully saturated rings. The van der Waals surface area contributed by atoms with E-state index in [1.165, 1.54) is 17.1 Å². The maximum absolute atomic E-state index is 12.6. The molecular formula is C20H21NO3S2. The van der Waals surface area contributed by atoms with Crippen LogP contribution in [0, 0.1) is 0 Å². The molecule has 1 saturated heterocycles. The lowest BCUT2D eigenvalue weighted by Gasteiger charge is -2.19. The highest BCUT2D eigenvalue weighted by Crippen LogP contribution is 2.45. The Balaban J connectivity index is 1.69. The molecule has 0 radical (unpaired) electrons. The predicted octanol–water partition coefficient (Wildman–Crippen LogP) is 4.50. The van der Waals surface area contributed by atoms with Crippen molar-refractivity contribution >= 4 is 35.4 Å². The number of amides is 1. The number of carboxylic acid groups (broad SMARTS) is 1. The minimum Gasteiger partial charge on any atom is -0.481 e. The summed E-state index contributed by atoms with van der Waals surface area (Å²) in [5, 5.41) is 12.0. The topological polar surface area (TPSA) is 66.4 Å². The Morgan fingerprint density at radius 2 is 1.69 bits per heavy atom. The molecule has 26 heavy (non-hydrogen) atoms. The van der Waals surface area contributed by atoms with Crippen molar-refractivity contribution in [1.29, 1.82) is 0 Å². The van der Waals surface area contributed by atoms with Crippen molar-refractivity contribution in [3.8, 4) is 0 Å². The van der Waals surface area contributed by atoms with Crippen LogP contribution in [0.15, 0.2) is 54.6 Å². The fourth-order valence-corrected chi connectivity index (χ4v) is 5.72. The molecule has 0 bridgehead atoms. The average molecular weight is 388 g/mol. The van der Waals surface area contributed by atoms with Gasteiger partial charge in [0.15, 0.2) is 0 Å². The summed E-state index contributed by atoms with van der Waals surface area (Å²) in [6.45, 7) is 0. The molecule has 2 aromatic carbocycles. The van der Waals surface area contributed by atoms with E-state index >= 15 is 0 Å². The molecule has 136 valence electrons. The molecule has 1 amide bonds. The summed E-state index contributed by atoms with van der Waals surface area (Å²) in [5.74, 6) is 1.29. The number of hydrogen-bond acceptors (Lipinski definition) is 4. The molecule has 4 nitrogen and oxygen atoms in total. The first-order valence-electron chi connectivity index (χ1n) is 8.54. The van der Waals surface area contributed by atoms with Gasteiger partial charge in [-0.3, -0.25) is 9.59 Å². The van der Waals surface area contributed by atoms with Crippen LogP contribution in [0.4, 0.5) is 0 Å². The molecule has 0 aliphatic carbocycles. The van der Waals surface area contributed by atoms with Crippen LogP contribution in [-0.2, 0) is 4.79 Å². The molecule has 0 spiro atoms. The molecule has 1 aliphatic rings. The first kappa shape index (κ1) is 18.9. The van der Waals surface area contributed by atoms with Gasteiger partial charge in [0.25, 0.3) is 5.91 Å². The Kier molecular flexibility index (Phi) is 6.63. The van der Waals surface area contributed by atoms with Crippen molar-refractivity contribution in [2.24, 2.45) is 0 Å². The van der Waals surface area contributed by atoms with E-state index < -0.39 is 5.97 Å². The normalized spacial score (nSPS) is 15.5. The number of aliphatic carboxylic acids is 1. The third-order valence-electron chi connectivity index (χ3n) is 4.22. The fourth-order valence-electron chi connectivity index (χ4n) is 2.86. The Morgan fingerprint density at radius 1 is 1.04 bits per heavy atom. The number of benzene rings is 2. The number of rotatable bonds is 7. The molecule has 6 heteroatoms. The van der Waals surface area contributed by atoms with E-state index in [-0.39, 0.29) is 18.4 Å². The van der Waals surface area contributed by atoms with E-state index in [9.17, 15) is 9.59 Å². The van der Waals surface area contributed by atoms with Crippen LogP contribution in [0.2, 0.25) is 0 Å². The zero-order valence-electron chi connectivity index (χ0n) is 14.3. The summed E-state index contributed by atoms with van der Waals surface area (Å²) in [4.78, 5) is 23.6. The van der Waals surface area contributed by atoms with Gasteiger partial charge in [0.2, 0.25) is 0 Å². The van der Waals surface area contributed by atoms with Gasteiger partial charge >= 0.3 is 5.97 Å². The van der Waals surface area contributed by atoms with E-state index in [2.05, 4.69) is 5.32 Å². The van der Waals surface area contributed by atoms with E-state index in [4.69, 9.17) is 5.11 Å². The Bertz CT molecular complexity index is 743. The maximum Gasteiger partial charge on any atom is 0.303 e. The highest BCUT2D eigenvalue weighted by atomic mass is 32.2. The van der Waals surface area contributed by atoms with Crippen molar-refractivity contribution in [2.45, 2.75) is 23.5 Å². The summed E-state index contributed by atoms with van der Waals surface area (Å²) in [6.07, 6.45) is 0.368. The quantitative estimate of drug-likeness (QED) is 0.732. The molecule has 1 heterocycles. The molecule has 2 aromatic rings. The van der Waals surface area contributed by atoms with Gasteiger partial charge in [0.1, 0.15) is 0 Å². The molecular weight excluding hydrogens is 366 g/mol. The van der Waals surface area contributed by atoms with E-state index in [1.807, 2.05) is 78.1 Å². The Morgan fingerprint density at radius 3 is 2.31 bits per heavy atom. The summed E-state index contributed by atoms with van der Waals surface area (Å²) in [5.41, 5.74) is 2.75. The molecule has 0 saturated carbocycles. The zero-order valence-corrected chi connectivity index (χ0v) is 15.9. The predicted molar refractivity (Wildman–Crippen MR) is 108 cm³/mol. The number of nitrogens with one attached hydrogen (secondary N) is 1. The fraction of sp³-hybridized carbons (Fsp3) is 0.300. The number of carboxylic acids is 1. The van der Waals surface area contributed by atoms with Crippen molar-refractivity contribution in [3.05, 3.63) is 71.3 Å². The second-order valence-corrected chi connectivity index (χ2v) is 8.79. The van der Waals surface area contributed by atoms with Crippen LogP contribution in [0.25, 0.3) is 0 Å². The minimum atomic E-state index is -0.865. The lowest BCUT2D eigenvalue weighted by atomic mass is 10.0. The lowest BCUT2D eigenvalue weighted by molar-refractivity contribution is -0.137. The monoisotopic (exact) mass is 387 g/mol. The van der Waals surface area contributed by atoms with Gasteiger partial charge in [-0.1, -0.05) is 42.5 Å². The van der Waals surface area contributed by atoms with Crippen molar-refractivity contribution < 1.29 is 14.7 Å². The van der Waals surface area contributed by atoms with E-state index in [1.54, 1.807) is 0 Å². The largest absolute Gasteiger partial charge is 0.481 e. The first-order chi connectivity index (χ1) is 12.6. The second-order valence-electron chi connectivity index (χ2n) is 6.06. The highest BCUT2D eigenvalue weighted by molar-refractivity contribution is 8.19. The molecule has 0 aromatic heterocycles. The lowest BCUT2D eigenvalue weighted by Crippen LogP contribution is -2.29. The van der Waals surface area contributed by atoms with Crippen LogP contribution in [0.1, 0.15) is 45.0 Å². The summed E-state index contributed by atoms with van der Waals surface area (Å²) in [6, 6.07) is 16.9. The van der Waals surface area contributed by atoms with Crippen molar-refractivity contribution in [1.82, 2.24) is 5.32 Å². The summed E-state index contributed by atoms with van der Waals surface area (Å²) >= 11 is 3.87. The molecule has 1 unspecified atom stereocenters. The number of hydrogen-bond donors (Lipinski definition) is 2. The molecule has 1 aliphatic heterocycles. The molecule has 3 rings (SSSR count). The molecule has 1 atom stereocenters. The number of thioether (sulfide) groups is 2. The number of carbonyl (C=O) groups is 2. The number of carbonyl (C=O) groups excluding carboxylic acids is 1. The maximum atomic E-state index is 12.6. The smallest absolute Gasteiger partial charge is 0.303 e. The SMILES string of the molecule is O=C(O)CCC(NC(=O)c1ccc(C2SCCS2)cc1)c1ccccc1. The van der Waals surface area contributed by atoms with Gasteiger partial charge in [-0.2, -0.15) is 0 Å². The van der Waals surface area contributed by atoms with Gasteiger partial charge in [-0.15, -0.1) is 23.5 Å². The van der Waals surface area contributed by atoms with Gasteiger partial charge in [-0.05, 0) is 29.7 Å². The van der Waals surface area contributed by atoms with Crippen molar-refractivity contribution in [3.63, 3.8) is 0 Å².